The zero-order valence-electron chi connectivity index (χ0n) is 22.8. The fourth-order valence-electron chi connectivity index (χ4n) is 4.49. The molecular weight excluding hydrogens is 529 g/mol. The highest BCUT2D eigenvalue weighted by Gasteiger charge is 2.54. The number of hydrogen-bond donors (Lipinski definition) is 2. The van der Waals surface area contributed by atoms with E-state index >= 15 is 0 Å². The van der Waals surface area contributed by atoms with Gasteiger partial charge in [-0.3, -0.25) is 14.4 Å². The van der Waals surface area contributed by atoms with Crippen molar-refractivity contribution in [1.29, 1.82) is 0 Å². The van der Waals surface area contributed by atoms with Crippen LogP contribution < -0.4 is 10.6 Å². The molecule has 0 atom stereocenters. The van der Waals surface area contributed by atoms with Crippen LogP contribution in [0.5, 0.6) is 0 Å². The van der Waals surface area contributed by atoms with Crippen LogP contribution in [-0.4, -0.2) is 62.6 Å². The van der Waals surface area contributed by atoms with E-state index in [1.165, 1.54) is 19.1 Å². The number of methoxy groups -OCH3 is 1. The second-order valence-corrected chi connectivity index (χ2v) is 10.9. The number of halogens is 2. The van der Waals surface area contributed by atoms with Crippen molar-refractivity contribution in [3.8, 4) is 0 Å². The number of amides is 3. The molecule has 0 aromatic heterocycles. The van der Waals surface area contributed by atoms with Gasteiger partial charge in [-0.15, -0.1) is 0 Å². The summed E-state index contributed by atoms with van der Waals surface area (Å²) in [6.07, 6.45) is -0.694. The number of anilines is 1. The summed E-state index contributed by atoms with van der Waals surface area (Å²) in [6.45, 7) is 6.88. The molecule has 39 heavy (non-hydrogen) atoms. The molecule has 210 valence electrons. The lowest BCUT2D eigenvalue weighted by Gasteiger charge is -2.49. The van der Waals surface area contributed by atoms with Gasteiger partial charge in [0.15, 0.2) is 0 Å². The van der Waals surface area contributed by atoms with E-state index in [9.17, 15) is 23.6 Å². The maximum absolute atomic E-state index is 14.4. The van der Waals surface area contributed by atoms with Gasteiger partial charge in [-0.25, -0.2) is 9.18 Å². The number of likely N-dealkylation sites (tertiary alicyclic amines) is 1. The maximum atomic E-state index is 14.4. The summed E-state index contributed by atoms with van der Waals surface area (Å²) in [6, 6.07) is 9.53. The van der Waals surface area contributed by atoms with E-state index in [-0.39, 0.29) is 41.9 Å². The minimum Gasteiger partial charge on any atom is -0.469 e. The molecule has 0 spiro atoms. The second kappa shape index (κ2) is 11.6. The molecule has 0 saturated carbocycles. The fourth-order valence-corrected chi connectivity index (χ4v) is 4.65. The van der Waals surface area contributed by atoms with E-state index in [0.717, 1.165) is 17.7 Å². The lowest BCUT2D eigenvalue weighted by Crippen LogP contribution is -2.66. The van der Waals surface area contributed by atoms with Gasteiger partial charge >= 0.3 is 12.1 Å². The Hall–Kier alpha value is -3.66. The molecule has 11 heteroatoms. The van der Waals surface area contributed by atoms with E-state index in [4.69, 9.17) is 21.1 Å². The number of nitrogens with one attached hydrogen (secondary N) is 2. The number of rotatable bonds is 8. The Kier molecular flexibility index (Phi) is 8.90. The smallest absolute Gasteiger partial charge is 0.409 e. The van der Waals surface area contributed by atoms with Gasteiger partial charge < -0.3 is 25.0 Å². The van der Waals surface area contributed by atoms with Gasteiger partial charge in [-0.05, 0) is 43.0 Å². The Morgan fingerprint density at radius 2 is 1.79 bits per heavy atom. The zero-order chi connectivity index (χ0) is 29.1. The predicted octanol–water partition coefficient (Wildman–Crippen LogP) is 4.49. The van der Waals surface area contributed by atoms with Gasteiger partial charge in [-0.1, -0.05) is 49.7 Å². The molecule has 1 aliphatic rings. The number of nitrogens with zero attached hydrogens (tertiary/aromatic N) is 1. The standard InChI is InChI=1S/C28H33ClFN3O6/c1-16(2)17-9-7-8-10-19(17)28(13-33(14-28)26(37)39-15-27(3,4)25(36)38-6)24(35)32-22-12-21(30)20(29)11-18(22)23(34)31-5/h7-12,16H,13-15H2,1-6H3,(H,31,34)(H,32,35). The van der Waals surface area contributed by atoms with E-state index in [0.29, 0.717) is 5.56 Å². The van der Waals surface area contributed by atoms with Crippen LogP contribution in [0.1, 0.15) is 55.1 Å². The van der Waals surface area contributed by atoms with E-state index in [1.807, 2.05) is 32.0 Å². The van der Waals surface area contributed by atoms with Crippen LogP contribution in [0.15, 0.2) is 36.4 Å². The molecule has 1 saturated heterocycles. The Labute approximate surface area is 232 Å². The minimum atomic E-state index is -1.21. The van der Waals surface area contributed by atoms with Crippen molar-refractivity contribution in [2.45, 2.75) is 39.0 Å². The highest BCUT2D eigenvalue weighted by Crippen LogP contribution is 2.41. The normalized spacial score (nSPS) is 14.3. The Bertz CT molecular complexity index is 1290. The Morgan fingerprint density at radius 1 is 1.15 bits per heavy atom. The maximum Gasteiger partial charge on any atom is 0.409 e. The first kappa shape index (κ1) is 29.9. The first-order valence-electron chi connectivity index (χ1n) is 12.4. The topological polar surface area (TPSA) is 114 Å². The van der Waals surface area contributed by atoms with Crippen molar-refractivity contribution in [3.63, 3.8) is 0 Å². The summed E-state index contributed by atoms with van der Waals surface area (Å²) in [4.78, 5) is 52.5. The fraction of sp³-hybridized carbons (Fsp3) is 0.429. The van der Waals surface area contributed by atoms with Crippen molar-refractivity contribution in [1.82, 2.24) is 10.2 Å². The Balaban J connectivity index is 1.94. The summed E-state index contributed by atoms with van der Waals surface area (Å²) < 4.78 is 24.5. The van der Waals surface area contributed by atoms with Crippen molar-refractivity contribution in [2.75, 3.05) is 39.2 Å². The van der Waals surface area contributed by atoms with Crippen LogP contribution >= 0.6 is 11.6 Å². The van der Waals surface area contributed by atoms with E-state index in [1.54, 1.807) is 19.9 Å². The number of esters is 1. The van der Waals surface area contributed by atoms with Gasteiger partial charge in [0.1, 0.15) is 17.8 Å². The molecule has 0 aliphatic carbocycles. The molecule has 1 aliphatic heterocycles. The predicted molar refractivity (Wildman–Crippen MR) is 144 cm³/mol. The highest BCUT2D eigenvalue weighted by atomic mass is 35.5. The van der Waals surface area contributed by atoms with E-state index < -0.39 is 40.5 Å². The van der Waals surface area contributed by atoms with Crippen LogP contribution in [0.3, 0.4) is 0 Å². The molecule has 0 radical (unpaired) electrons. The molecular formula is C28H33ClFN3O6. The lowest BCUT2D eigenvalue weighted by molar-refractivity contribution is -0.153. The lowest BCUT2D eigenvalue weighted by atomic mass is 9.70. The van der Waals surface area contributed by atoms with Crippen molar-refractivity contribution < 1.29 is 33.0 Å². The third kappa shape index (κ3) is 6.00. The van der Waals surface area contributed by atoms with Gasteiger partial charge in [0, 0.05) is 20.1 Å². The molecule has 1 heterocycles. The summed E-state index contributed by atoms with van der Waals surface area (Å²) >= 11 is 5.89. The first-order chi connectivity index (χ1) is 18.3. The third-order valence-corrected chi connectivity index (χ3v) is 7.08. The molecule has 0 bridgehead atoms. The zero-order valence-corrected chi connectivity index (χ0v) is 23.6. The van der Waals surface area contributed by atoms with Gasteiger partial charge in [0.25, 0.3) is 5.91 Å². The summed E-state index contributed by atoms with van der Waals surface area (Å²) in [7, 11) is 2.66. The molecule has 2 aromatic carbocycles. The average molecular weight is 562 g/mol. The van der Waals surface area contributed by atoms with Crippen LogP contribution in [0.4, 0.5) is 14.9 Å². The number of carbonyl (C=O) groups excluding carboxylic acids is 4. The molecule has 2 aromatic rings. The number of benzene rings is 2. The minimum absolute atomic E-state index is 0.00910. The monoisotopic (exact) mass is 561 g/mol. The Morgan fingerprint density at radius 3 is 2.38 bits per heavy atom. The summed E-state index contributed by atoms with van der Waals surface area (Å²) in [5.74, 6) is -2.36. The van der Waals surface area contributed by atoms with Crippen LogP contribution in [0.2, 0.25) is 5.02 Å². The SMILES string of the molecule is CNC(=O)c1cc(Cl)c(F)cc1NC(=O)C1(c2ccccc2C(C)C)CN(C(=O)OCC(C)(C)C(=O)OC)C1. The van der Waals surface area contributed by atoms with Crippen LogP contribution in [0.25, 0.3) is 0 Å². The molecule has 2 N–H and O–H groups in total. The number of carbonyl (C=O) groups is 4. The summed E-state index contributed by atoms with van der Waals surface area (Å²) in [5.41, 5.74) is -0.723. The van der Waals surface area contributed by atoms with Crippen molar-refractivity contribution in [2.24, 2.45) is 5.41 Å². The van der Waals surface area contributed by atoms with Crippen LogP contribution in [-0.2, 0) is 24.5 Å². The molecule has 0 unspecified atom stereocenters. The highest BCUT2D eigenvalue weighted by molar-refractivity contribution is 6.31. The molecule has 9 nitrogen and oxygen atoms in total. The van der Waals surface area contributed by atoms with Crippen molar-refractivity contribution >= 4 is 41.2 Å². The average Bonchev–Trinajstić information content (AvgIpc) is 2.88. The third-order valence-electron chi connectivity index (χ3n) is 6.79. The number of hydrogen-bond acceptors (Lipinski definition) is 6. The van der Waals surface area contributed by atoms with Crippen molar-refractivity contribution in [3.05, 3.63) is 63.9 Å². The van der Waals surface area contributed by atoms with Gasteiger partial charge in [-0.2, -0.15) is 0 Å². The molecule has 1 fully saturated rings. The van der Waals surface area contributed by atoms with Gasteiger partial charge in [0.2, 0.25) is 5.91 Å². The second-order valence-electron chi connectivity index (χ2n) is 10.5. The first-order valence-corrected chi connectivity index (χ1v) is 12.8. The summed E-state index contributed by atoms with van der Waals surface area (Å²) in [5, 5.41) is 4.89. The molecule has 3 rings (SSSR count). The molecule has 3 amide bonds. The number of ether oxygens (including phenoxy) is 2. The quantitative estimate of drug-likeness (QED) is 0.459. The van der Waals surface area contributed by atoms with Gasteiger partial charge in [0.05, 0.1) is 28.8 Å². The largest absolute Gasteiger partial charge is 0.469 e. The van der Waals surface area contributed by atoms with E-state index in [2.05, 4.69) is 10.6 Å². The van der Waals surface area contributed by atoms with Crippen LogP contribution in [0, 0.1) is 11.2 Å².